The van der Waals surface area contributed by atoms with Gasteiger partial charge in [-0.05, 0) is 36.8 Å². The summed E-state index contributed by atoms with van der Waals surface area (Å²) in [6.07, 6.45) is 1.49. The number of anilines is 1. The molecule has 0 bridgehead atoms. The second-order valence-corrected chi connectivity index (χ2v) is 5.99. The SMILES string of the molecule is C[C@H](Nc1cc2c(C(=O)O)nccc2s1)c1cccc(F)c1.Cl. The Labute approximate surface area is 142 Å². The normalized spacial score (nSPS) is 11.7. The lowest BCUT2D eigenvalue weighted by atomic mass is 10.1. The zero-order valence-electron chi connectivity index (χ0n) is 12.1. The largest absolute Gasteiger partial charge is 0.476 e. The molecule has 0 unspecified atom stereocenters. The smallest absolute Gasteiger partial charge is 0.355 e. The fourth-order valence-electron chi connectivity index (χ4n) is 2.28. The third-order valence-electron chi connectivity index (χ3n) is 3.36. The van der Waals surface area contributed by atoms with E-state index in [0.29, 0.717) is 5.39 Å². The van der Waals surface area contributed by atoms with Crippen molar-refractivity contribution in [2.45, 2.75) is 13.0 Å². The number of thiophene rings is 1. The van der Waals surface area contributed by atoms with Gasteiger partial charge < -0.3 is 10.4 Å². The van der Waals surface area contributed by atoms with E-state index >= 15 is 0 Å². The Morgan fingerprint density at radius 1 is 1.35 bits per heavy atom. The average molecular weight is 353 g/mol. The Hall–Kier alpha value is -2.18. The summed E-state index contributed by atoms with van der Waals surface area (Å²) in [5.41, 5.74) is 0.870. The van der Waals surface area contributed by atoms with Gasteiger partial charge in [-0.1, -0.05) is 12.1 Å². The number of benzene rings is 1. The number of halogens is 2. The highest BCUT2D eigenvalue weighted by Gasteiger charge is 2.14. The van der Waals surface area contributed by atoms with Crippen LogP contribution in [-0.2, 0) is 0 Å². The third kappa shape index (κ3) is 3.60. The highest BCUT2D eigenvalue weighted by molar-refractivity contribution is 7.22. The minimum Gasteiger partial charge on any atom is -0.476 e. The van der Waals surface area contributed by atoms with Crippen molar-refractivity contribution in [2.75, 3.05) is 5.32 Å². The van der Waals surface area contributed by atoms with Gasteiger partial charge in [-0.15, -0.1) is 23.7 Å². The van der Waals surface area contributed by atoms with Gasteiger partial charge in [0.2, 0.25) is 0 Å². The Bertz CT molecular complexity index is 853. The molecule has 0 aliphatic rings. The van der Waals surface area contributed by atoms with Crippen LogP contribution in [0.5, 0.6) is 0 Å². The number of carboxylic acids is 1. The Morgan fingerprint density at radius 2 is 2.13 bits per heavy atom. The lowest BCUT2D eigenvalue weighted by molar-refractivity contribution is 0.0693. The number of hydrogen-bond donors (Lipinski definition) is 2. The summed E-state index contributed by atoms with van der Waals surface area (Å²) in [7, 11) is 0. The van der Waals surface area contributed by atoms with E-state index in [2.05, 4.69) is 10.3 Å². The molecule has 3 rings (SSSR count). The van der Waals surface area contributed by atoms with Crippen LogP contribution in [0.1, 0.15) is 29.0 Å². The van der Waals surface area contributed by atoms with E-state index in [4.69, 9.17) is 5.11 Å². The maximum Gasteiger partial charge on any atom is 0.355 e. The summed E-state index contributed by atoms with van der Waals surface area (Å²) in [5, 5.41) is 13.9. The molecule has 0 saturated heterocycles. The van der Waals surface area contributed by atoms with Crippen LogP contribution in [0.25, 0.3) is 10.1 Å². The average Bonchev–Trinajstić information content (AvgIpc) is 2.89. The van der Waals surface area contributed by atoms with Gasteiger partial charge in [0.15, 0.2) is 5.69 Å². The molecule has 3 aromatic rings. The van der Waals surface area contributed by atoms with Crippen molar-refractivity contribution >= 4 is 44.8 Å². The fourth-order valence-corrected chi connectivity index (χ4v) is 3.32. The van der Waals surface area contributed by atoms with E-state index in [1.807, 2.05) is 13.0 Å². The maximum atomic E-state index is 13.3. The second-order valence-electron chi connectivity index (χ2n) is 4.91. The summed E-state index contributed by atoms with van der Waals surface area (Å²) < 4.78 is 14.1. The van der Waals surface area contributed by atoms with Gasteiger partial charge in [0.1, 0.15) is 5.82 Å². The van der Waals surface area contributed by atoms with Crippen LogP contribution in [0.15, 0.2) is 42.6 Å². The van der Waals surface area contributed by atoms with Crippen LogP contribution >= 0.6 is 23.7 Å². The maximum absolute atomic E-state index is 13.3. The number of aromatic nitrogens is 1. The number of nitrogens with zero attached hydrogens (tertiary/aromatic N) is 1. The van der Waals surface area contributed by atoms with E-state index in [-0.39, 0.29) is 30.0 Å². The molecule has 0 spiro atoms. The van der Waals surface area contributed by atoms with E-state index in [0.717, 1.165) is 15.3 Å². The fraction of sp³-hybridized carbons (Fsp3) is 0.125. The van der Waals surface area contributed by atoms with Gasteiger partial charge in [-0.25, -0.2) is 14.2 Å². The number of fused-ring (bicyclic) bond motifs is 1. The summed E-state index contributed by atoms with van der Waals surface area (Å²) in [6, 6.07) is 9.86. The molecule has 23 heavy (non-hydrogen) atoms. The minimum atomic E-state index is -1.05. The molecule has 1 atom stereocenters. The molecule has 4 nitrogen and oxygen atoms in total. The van der Waals surface area contributed by atoms with Crippen molar-refractivity contribution in [1.29, 1.82) is 0 Å². The van der Waals surface area contributed by atoms with Gasteiger partial charge in [-0.3, -0.25) is 0 Å². The van der Waals surface area contributed by atoms with Gasteiger partial charge in [0.25, 0.3) is 0 Å². The topological polar surface area (TPSA) is 62.2 Å². The van der Waals surface area contributed by atoms with Crippen LogP contribution in [0.2, 0.25) is 0 Å². The monoisotopic (exact) mass is 352 g/mol. The second kappa shape index (κ2) is 6.93. The number of hydrogen-bond acceptors (Lipinski definition) is 4. The van der Waals surface area contributed by atoms with E-state index in [9.17, 15) is 9.18 Å². The van der Waals surface area contributed by atoms with Crippen molar-refractivity contribution in [3.63, 3.8) is 0 Å². The van der Waals surface area contributed by atoms with Crippen LogP contribution in [0.4, 0.5) is 9.39 Å². The first-order valence-corrected chi connectivity index (χ1v) is 7.50. The molecule has 120 valence electrons. The first kappa shape index (κ1) is 17.2. The van der Waals surface area contributed by atoms with E-state index < -0.39 is 5.97 Å². The summed E-state index contributed by atoms with van der Waals surface area (Å²) >= 11 is 1.45. The molecule has 0 aliphatic heterocycles. The van der Waals surface area contributed by atoms with Gasteiger partial charge >= 0.3 is 5.97 Å². The van der Waals surface area contributed by atoms with Crippen molar-refractivity contribution in [3.05, 3.63) is 59.7 Å². The van der Waals surface area contributed by atoms with Crippen LogP contribution < -0.4 is 5.32 Å². The zero-order valence-corrected chi connectivity index (χ0v) is 13.7. The lowest BCUT2D eigenvalue weighted by Crippen LogP contribution is -2.05. The molecule has 1 aromatic carbocycles. The zero-order chi connectivity index (χ0) is 15.7. The molecule has 0 amide bonds. The molecule has 2 N–H and O–H groups in total. The standard InChI is InChI=1S/C16H13FN2O2S.ClH/c1-9(10-3-2-4-11(17)7-10)19-14-8-12-13(22-14)5-6-18-15(12)16(20)21;/h2-9,19H,1H3,(H,20,21);1H/t9-;/m0./s1. The molecular formula is C16H14ClFN2O2S. The molecule has 2 heterocycles. The molecule has 0 fully saturated rings. The van der Waals surface area contributed by atoms with Crippen molar-refractivity contribution < 1.29 is 14.3 Å². The number of carboxylic acid groups (broad SMARTS) is 1. The van der Waals surface area contributed by atoms with Gasteiger partial charge in [0.05, 0.1) is 5.00 Å². The summed E-state index contributed by atoms with van der Waals surface area (Å²) in [4.78, 5) is 15.1. The number of carbonyl (C=O) groups is 1. The van der Waals surface area contributed by atoms with Crippen LogP contribution in [0.3, 0.4) is 0 Å². The third-order valence-corrected chi connectivity index (χ3v) is 4.39. The Morgan fingerprint density at radius 3 is 2.83 bits per heavy atom. The lowest BCUT2D eigenvalue weighted by Gasteiger charge is -2.13. The van der Waals surface area contributed by atoms with Crippen LogP contribution in [0, 0.1) is 5.82 Å². The number of rotatable bonds is 4. The summed E-state index contributed by atoms with van der Waals surface area (Å²) in [5.74, 6) is -1.33. The molecule has 0 aliphatic carbocycles. The number of pyridine rings is 1. The highest BCUT2D eigenvalue weighted by atomic mass is 35.5. The van der Waals surface area contributed by atoms with E-state index in [1.54, 1.807) is 18.2 Å². The predicted octanol–water partition coefficient (Wildman–Crippen LogP) is 4.73. The first-order chi connectivity index (χ1) is 10.5. The predicted molar refractivity (Wildman–Crippen MR) is 92.3 cm³/mol. The van der Waals surface area contributed by atoms with Gasteiger partial charge in [0, 0.05) is 22.3 Å². The van der Waals surface area contributed by atoms with Crippen molar-refractivity contribution in [2.24, 2.45) is 0 Å². The van der Waals surface area contributed by atoms with Crippen molar-refractivity contribution in [3.8, 4) is 0 Å². The Balaban J connectivity index is 0.00000192. The van der Waals surface area contributed by atoms with E-state index in [1.165, 1.54) is 29.7 Å². The molecule has 0 saturated carbocycles. The molecule has 0 radical (unpaired) electrons. The van der Waals surface area contributed by atoms with Crippen molar-refractivity contribution in [1.82, 2.24) is 4.98 Å². The number of nitrogens with one attached hydrogen (secondary N) is 1. The van der Waals surface area contributed by atoms with Gasteiger partial charge in [-0.2, -0.15) is 0 Å². The summed E-state index contributed by atoms with van der Waals surface area (Å²) in [6.45, 7) is 1.93. The first-order valence-electron chi connectivity index (χ1n) is 6.68. The minimum absolute atomic E-state index is 0. The molecular weight excluding hydrogens is 339 g/mol. The Kier molecular flexibility index (Phi) is 5.18. The molecule has 2 aromatic heterocycles. The highest BCUT2D eigenvalue weighted by Crippen LogP contribution is 2.33. The molecule has 7 heteroatoms. The van der Waals surface area contributed by atoms with Crippen LogP contribution in [-0.4, -0.2) is 16.1 Å². The number of aromatic carboxylic acids is 1. The quantitative estimate of drug-likeness (QED) is 0.712.